The maximum Gasteiger partial charge on any atom is 0.171 e. The van der Waals surface area contributed by atoms with Gasteiger partial charge in [-0.1, -0.05) is 27.5 Å². The number of anilines is 1. The Labute approximate surface area is 100 Å². The van der Waals surface area contributed by atoms with Crippen molar-refractivity contribution in [2.24, 2.45) is 0 Å². The van der Waals surface area contributed by atoms with Gasteiger partial charge in [0.15, 0.2) is 11.0 Å². The number of nitrogens with two attached hydrogens (primary N) is 1. The molecule has 84 valence electrons. The first-order chi connectivity index (χ1) is 7.06. The van der Waals surface area contributed by atoms with E-state index in [0.717, 1.165) is 0 Å². The lowest BCUT2D eigenvalue weighted by atomic mass is 10.1. The van der Waals surface area contributed by atoms with Crippen LogP contribution in [0.4, 0.5) is 5.82 Å². The lowest BCUT2D eigenvalue weighted by Crippen LogP contribution is -2.20. The Hall–Kier alpha value is -0.430. The highest BCUT2D eigenvalue weighted by Crippen LogP contribution is 2.20. The van der Waals surface area contributed by atoms with Gasteiger partial charge in [-0.25, -0.2) is 9.97 Å². The van der Waals surface area contributed by atoms with Gasteiger partial charge in [0.2, 0.25) is 0 Å². The number of nitrogens with zero attached hydrogens (tertiary/aromatic N) is 2. The van der Waals surface area contributed by atoms with Gasteiger partial charge in [0.1, 0.15) is 6.10 Å². The first-order valence-corrected chi connectivity index (χ1v) is 5.76. The summed E-state index contributed by atoms with van der Waals surface area (Å²) in [4.78, 5) is 7.57. The van der Waals surface area contributed by atoms with E-state index in [4.69, 9.17) is 17.3 Å². The quantitative estimate of drug-likeness (QED) is 0.718. The van der Waals surface area contributed by atoms with Crippen molar-refractivity contribution in [1.29, 1.82) is 0 Å². The second kappa shape index (κ2) is 5.60. The van der Waals surface area contributed by atoms with E-state index in [9.17, 15) is 10.2 Å². The van der Waals surface area contributed by atoms with Crippen molar-refractivity contribution >= 4 is 33.3 Å². The van der Waals surface area contributed by atoms with Crippen molar-refractivity contribution in [2.45, 2.75) is 18.6 Å². The van der Waals surface area contributed by atoms with Crippen LogP contribution in [-0.4, -0.2) is 31.6 Å². The summed E-state index contributed by atoms with van der Waals surface area (Å²) in [5.74, 6) is 0.0996. The third-order valence-electron chi connectivity index (χ3n) is 1.85. The van der Waals surface area contributed by atoms with Crippen molar-refractivity contribution in [3.63, 3.8) is 0 Å². The molecule has 0 fully saturated rings. The first-order valence-electron chi connectivity index (χ1n) is 4.26. The van der Waals surface area contributed by atoms with Crippen LogP contribution in [0.25, 0.3) is 0 Å². The number of hydrogen-bond donors (Lipinski definition) is 3. The second-order valence-corrected chi connectivity index (χ2v) is 4.11. The molecule has 2 unspecified atom stereocenters. The van der Waals surface area contributed by atoms with Crippen molar-refractivity contribution in [2.75, 3.05) is 11.1 Å². The van der Waals surface area contributed by atoms with Crippen LogP contribution in [-0.2, 0) is 0 Å². The molecule has 0 amide bonds. The number of aromatic nitrogens is 2. The van der Waals surface area contributed by atoms with Gasteiger partial charge in [-0.05, 0) is 6.42 Å². The number of halogens is 2. The molecule has 1 aromatic heterocycles. The fourth-order valence-electron chi connectivity index (χ4n) is 0.998. The van der Waals surface area contributed by atoms with Gasteiger partial charge < -0.3 is 15.9 Å². The summed E-state index contributed by atoms with van der Waals surface area (Å²) >= 11 is 8.80. The highest BCUT2D eigenvalue weighted by atomic mass is 79.9. The maximum absolute atomic E-state index is 9.66. The first kappa shape index (κ1) is 12.6. The number of aliphatic hydroxyl groups excluding tert-OH is 2. The third kappa shape index (κ3) is 3.27. The summed E-state index contributed by atoms with van der Waals surface area (Å²) in [7, 11) is 0. The Balaban J connectivity index is 2.81. The van der Waals surface area contributed by atoms with E-state index in [2.05, 4.69) is 25.9 Å². The fourth-order valence-corrected chi connectivity index (χ4v) is 1.61. The Bertz CT molecular complexity index is 340. The van der Waals surface area contributed by atoms with Crippen LogP contribution in [0.3, 0.4) is 0 Å². The molecule has 0 aliphatic carbocycles. The van der Waals surface area contributed by atoms with Gasteiger partial charge in [0, 0.05) is 5.33 Å². The minimum Gasteiger partial charge on any atom is -0.390 e. The summed E-state index contributed by atoms with van der Waals surface area (Å²) in [5.41, 5.74) is 5.58. The topological polar surface area (TPSA) is 92.3 Å². The van der Waals surface area contributed by atoms with Crippen LogP contribution in [0.5, 0.6) is 0 Å². The maximum atomic E-state index is 9.66. The standard InChI is InChI=1S/C8H11BrClN3O2/c9-2-1-5(14)6(15)4-3-12-8(11)7(10)13-4/h3,5-6,14-15H,1-2H2,(H2,11,12). The van der Waals surface area contributed by atoms with E-state index < -0.39 is 12.2 Å². The summed E-state index contributed by atoms with van der Waals surface area (Å²) in [6, 6.07) is 0. The van der Waals surface area contributed by atoms with Gasteiger partial charge in [0.25, 0.3) is 0 Å². The molecule has 5 nitrogen and oxygen atoms in total. The molecule has 1 heterocycles. The molecule has 0 bridgehead atoms. The van der Waals surface area contributed by atoms with Crippen LogP contribution in [0.15, 0.2) is 6.20 Å². The summed E-state index contributed by atoms with van der Waals surface area (Å²) in [5, 5.41) is 19.8. The van der Waals surface area contributed by atoms with Crippen LogP contribution >= 0.6 is 27.5 Å². The van der Waals surface area contributed by atoms with E-state index in [1.807, 2.05) is 0 Å². The molecular weight excluding hydrogens is 285 g/mol. The van der Waals surface area contributed by atoms with E-state index >= 15 is 0 Å². The van der Waals surface area contributed by atoms with E-state index in [-0.39, 0.29) is 16.7 Å². The monoisotopic (exact) mass is 295 g/mol. The largest absolute Gasteiger partial charge is 0.390 e. The minimum absolute atomic E-state index is 0.0255. The van der Waals surface area contributed by atoms with Crippen LogP contribution in [0.1, 0.15) is 18.2 Å². The Morgan fingerprint density at radius 2 is 2.20 bits per heavy atom. The van der Waals surface area contributed by atoms with Crippen molar-refractivity contribution < 1.29 is 10.2 Å². The van der Waals surface area contributed by atoms with Crippen molar-refractivity contribution in [3.05, 3.63) is 17.0 Å². The molecule has 0 saturated heterocycles. The number of nitrogen functional groups attached to an aromatic ring is 1. The van der Waals surface area contributed by atoms with Gasteiger partial charge in [-0.15, -0.1) is 0 Å². The molecule has 1 aromatic rings. The van der Waals surface area contributed by atoms with Gasteiger partial charge >= 0.3 is 0 Å². The fraction of sp³-hybridized carbons (Fsp3) is 0.500. The molecule has 7 heteroatoms. The SMILES string of the molecule is Nc1ncc(C(O)C(O)CCBr)nc1Cl. The van der Waals surface area contributed by atoms with Crippen LogP contribution in [0.2, 0.25) is 5.15 Å². The molecular formula is C8H11BrClN3O2. The molecule has 2 atom stereocenters. The molecule has 0 radical (unpaired) electrons. The predicted molar refractivity (Wildman–Crippen MR) is 60.8 cm³/mol. The average Bonchev–Trinajstić information content (AvgIpc) is 2.21. The number of alkyl halides is 1. The summed E-state index contributed by atoms with van der Waals surface area (Å²) < 4.78 is 0. The molecule has 0 saturated carbocycles. The Morgan fingerprint density at radius 3 is 2.73 bits per heavy atom. The lowest BCUT2D eigenvalue weighted by Gasteiger charge is -2.16. The highest BCUT2D eigenvalue weighted by Gasteiger charge is 2.20. The van der Waals surface area contributed by atoms with Gasteiger partial charge in [-0.2, -0.15) is 0 Å². The summed E-state index contributed by atoms with van der Waals surface area (Å²) in [6.45, 7) is 0. The molecule has 1 rings (SSSR count). The van der Waals surface area contributed by atoms with Gasteiger partial charge in [0.05, 0.1) is 18.0 Å². The van der Waals surface area contributed by atoms with Crippen molar-refractivity contribution in [1.82, 2.24) is 9.97 Å². The number of rotatable bonds is 4. The highest BCUT2D eigenvalue weighted by molar-refractivity contribution is 9.09. The molecule has 0 spiro atoms. The summed E-state index contributed by atoms with van der Waals surface area (Å²) in [6.07, 6.45) is -0.305. The predicted octanol–water partition coefficient (Wildman–Crippen LogP) is 0.891. The Kier molecular flexibility index (Phi) is 4.72. The number of aliphatic hydroxyl groups is 2. The third-order valence-corrected chi connectivity index (χ3v) is 2.58. The smallest absolute Gasteiger partial charge is 0.171 e. The van der Waals surface area contributed by atoms with Gasteiger partial charge in [-0.3, -0.25) is 0 Å². The molecule has 4 N–H and O–H groups in total. The zero-order chi connectivity index (χ0) is 11.4. The molecule has 15 heavy (non-hydrogen) atoms. The van der Waals surface area contributed by atoms with Crippen LogP contribution in [0, 0.1) is 0 Å². The zero-order valence-electron chi connectivity index (χ0n) is 7.77. The van der Waals surface area contributed by atoms with E-state index in [1.54, 1.807) is 0 Å². The van der Waals surface area contributed by atoms with Crippen LogP contribution < -0.4 is 5.73 Å². The normalized spacial score (nSPS) is 14.9. The lowest BCUT2D eigenvalue weighted by molar-refractivity contribution is 0.0146. The van der Waals surface area contributed by atoms with E-state index in [0.29, 0.717) is 11.8 Å². The van der Waals surface area contributed by atoms with Crippen molar-refractivity contribution in [3.8, 4) is 0 Å². The average molecular weight is 297 g/mol. The number of hydrogen-bond acceptors (Lipinski definition) is 5. The second-order valence-electron chi connectivity index (χ2n) is 2.96. The Morgan fingerprint density at radius 1 is 1.53 bits per heavy atom. The van der Waals surface area contributed by atoms with E-state index in [1.165, 1.54) is 6.20 Å². The minimum atomic E-state index is -1.10. The molecule has 0 aliphatic rings. The molecule has 0 aromatic carbocycles. The molecule has 0 aliphatic heterocycles. The zero-order valence-corrected chi connectivity index (χ0v) is 10.1.